The van der Waals surface area contributed by atoms with E-state index < -0.39 is 0 Å². The molecule has 0 bridgehead atoms. The summed E-state index contributed by atoms with van der Waals surface area (Å²) in [5.41, 5.74) is 2.52. The summed E-state index contributed by atoms with van der Waals surface area (Å²) in [7, 11) is 0. The first-order valence-corrected chi connectivity index (χ1v) is 8.48. The number of nitrogens with one attached hydrogen (secondary N) is 1. The van der Waals surface area contributed by atoms with E-state index in [1.165, 1.54) is 17.1 Å². The molecular weight excluding hydrogens is 288 g/mol. The SMILES string of the molecule is O=C(Nc1cccc(C2SCCS2)c1)c1ccccn1. The van der Waals surface area contributed by atoms with Crippen molar-refractivity contribution in [3.05, 3.63) is 59.9 Å². The zero-order valence-electron chi connectivity index (χ0n) is 10.8. The van der Waals surface area contributed by atoms with Gasteiger partial charge in [0.1, 0.15) is 5.69 Å². The molecule has 0 atom stereocenters. The Morgan fingerprint density at radius 1 is 1.15 bits per heavy atom. The summed E-state index contributed by atoms with van der Waals surface area (Å²) >= 11 is 3.91. The molecule has 1 fully saturated rings. The third kappa shape index (κ3) is 3.16. The van der Waals surface area contributed by atoms with Crippen LogP contribution in [0.25, 0.3) is 0 Å². The van der Waals surface area contributed by atoms with Gasteiger partial charge in [-0.2, -0.15) is 0 Å². The highest BCUT2D eigenvalue weighted by molar-refractivity contribution is 8.19. The Kier molecular flexibility index (Phi) is 4.28. The Bertz CT molecular complexity index is 598. The van der Waals surface area contributed by atoms with Crippen LogP contribution in [0.3, 0.4) is 0 Å². The molecule has 2 aromatic rings. The van der Waals surface area contributed by atoms with Gasteiger partial charge in [-0.3, -0.25) is 9.78 Å². The Balaban J connectivity index is 1.74. The molecule has 0 spiro atoms. The zero-order chi connectivity index (χ0) is 13.8. The van der Waals surface area contributed by atoms with Crippen LogP contribution >= 0.6 is 23.5 Å². The lowest BCUT2D eigenvalue weighted by Gasteiger charge is -2.11. The number of carbonyl (C=O) groups excluding carboxylic acids is 1. The summed E-state index contributed by atoms with van der Waals surface area (Å²) in [6.07, 6.45) is 1.62. The van der Waals surface area contributed by atoms with E-state index in [1.807, 2.05) is 41.7 Å². The predicted octanol–water partition coefficient (Wildman–Crippen LogP) is 3.81. The number of aromatic nitrogens is 1. The van der Waals surface area contributed by atoms with Crippen LogP contribution in [-0.2, 0) is 0 Å². The number of carbonyl (C=O) groups is 1. The molecule has 1 amide bonds. The van der Waals surface area contributed by atoms with Crippen molar-refractivity contribution in [1.82, 2.24) is 4.98 Å². The number of hydrogen-bond acceptors (Lipinski definition) is 4. The monoisotopic (exact) mass is 302 g/mol. The van der Waals surface area contributed by atoms with Crippen LogP contribution in [0.2, 0.25) is 0 Å². The number of rotatable bonds is 3. The van der Waals surface area contributed by atoms with Gasteiger partial charge >= 0.3 is 0 Å². The van der Waals surface area contributed by atoms with E-state index in [0.717, 1.165) is 5.69 Å². The topological polar surface area (TPSA) is 42.0 Å². The van der Waals surface area contributed by atoms with E-state index in [0.29, 0.717) is 10.3 Å². The first-order chi connectivity index (χ1) is 9.83. The van der Waals surface area contributed by atoms with Gasteiger partial charge in [-0.1, -0.05) is 18.2 Å². The fourth-order valence-corrected chi connectivity index (χ4v) is 4.84. The van der Waals surface area contributed by atoms with Crippen LogP contribution < -0.4 is 5.32 Å². The van der Waals surface area contributed by atoms with Crippen molar-refractivity contribution in [2.24, 2.45) is 0 Å². The highest BCUT2D eigenvalue weighted by Crippen LogP contribution is 2.45. The second-order valence-electron chi connectivity index (χ2n) is 4.37. The van der Waals surface area contributed by atoms with Gasteiger partial charge in [0, 0.05) is 23.4 Å². The van der Waals surface area contributed by atoms with E-state index in [9.17, 15) is 4.79 Å². The maximum absolute atomic E-state index is 12.1. The van der Waals surface area contributed by atoms with Crippen molar-refractivity contribution in [3.63, 3.8) is 0 Å². The van der Waals surface area contributed by atoms with Gasteiger partial charge in [-0.15, -0.1) is 23.5 Å². The van der Waals surface area contributed by atoms with Gasteiger partial charge in [-0.05, 0) is 29.8 Å². The lowest BCUT2D eigenvalue weighted by atomic mass is 10.2. The molecule has 3 nitrogen and oxygen atoms in total. The molecule has 1 aliphatic heterocycles. The summed E-state index contributed by atoms with van der Waals surface area (Å²) < 4.78 is 0.488. The normalized spacial score (nSPS) is 15.2. The number of pyridine rings is 1. The summed E-state index contributed by atoms with van der Waals surface area (Å²) in [5.74, 6) is 2.22. The molecule has 1 aromatic carbocycles. The largest absolute Gasteiger partial charge is 0.321 e. The maximum Gasteiger partial charge on any atom is 0.274 e. The van der Waals surface area contributed by atoms with Crippen molar-refractivity contribution >= 4 is 35.1 Å². The molecule has 1 aliphatic rings. The van der Waals surface area contributed by atoms with Gasteiger partial charge in [0.15, 0.2) is 0 Å². The molecular formula is C15H14N2OS2. The van der Waals surface area contributed by atoms with Gasteiger partial charge in [0.25, 0.3) is 5.91 Å². The first kappa shape index (κ1) is 13.5. The minimum Gasteiger partial charge on any atom is -0.321 e. The first-order valence-electron chi connectivity index (χ1n) is 6.38. The van der Waals surface area contributed by atoms with E-state index >= 15 is 0 Å². The lowest BCUT2D eigenvalue weighted by Crippen LogP contribution is -2.13. The van der Waals surface area contributed by atoms with Crippen molar-refractivity contribution in [1.29, 1.82) is 0 Å². The highest BCUT2D eigenvalue weighted by Gasteiger charge is 2.18. The standard InChI is InChI=1S/C15H14N2OS2/c18-14(13-6-1-2-7-16-13)17-12-5-3-4-11(10-12)15-19-8-9-20-15/h1-7,10,15H,8-9H2,(H,17,18). The molecule has 1 saturated heterocycles. The van der Waals surface area contributed by atoms with E-state index in [4.69, 9.17) is 0 Å². The number of benzene rings is 1. The Labute approximate surface area is 126 Å². The molecule has 1 aromatic heterocycles. The van der Waals surface area contributed by atoms with Crippen LogP contribution in [0.15, 0.2) is 48.7 Å². The minimum atomic E-state index is -0.172. The van der Waals surface area contributed by atoms with Gasteiger partial charge in [0.2, 0.25) is 0 Å². The molecule has 20 heavy (non-hydrogen) atoms. The fourth-order valence-electron chi connectivity index (χ4n) is 2.01. The summed E-state index contributed by atoms with van der Waals surface area (Å²) in [5, 5.41) is 2.90. The van der Waals surface area contributed by atoms with Crippen molar-refractivity contribution in [2.45, 2.75) is 4.58 Å². The van der Waals surface area contributed by atoms with Crippen LogP contribution in [0.1, 0.15) is 20.6 Å². The Morgan fingerprint density at radius 2 is 2.00 bits per heavy atom. The number of amides is 1. The second kappa shape index (κ2) is 6.33. The summed E-state index contributed by atoms with van der Waals surface area (Å²) in [6, 6.07) is 13.4. The molecule has 0 radical (unpaired) electrons. The molecule has 1 N–H and O–H groups in total. The third-order valence-electron chi connectivity index (χ3n) is 2.94. The number of hydrogen-bond donors (Lipinski definition) is 1. The summed E-state index contributed by atoms with van der Waals surface area (Å²) in [4.78, 5) is 16.1. The number of thioether (sulfide) groups is 2. The average Bonchev–Trinajstić information content (AvgIpc) is 3.03. The van der Waals surface area contributed by atoms with Gasteiger partial charge < -0.3 is 5.32 Å². The van der Waals surface area contributed by atoms with E-state index in [1.54, 1.807) is 18.3 Å². The van der Waals surface area contributed by atoms with Gasteiger partial charge in [-0.25, -0.2) is 0 Å². The molecule has 3 rings (SSSR count). The smallest absolute Gasteiger partial charge is 0.274 e. The fraction of sp³-hybridized carbons (Fsp3) is 0.200. The quantitative estimate of drug-likeness (QED) is 0.936. The van der Waals surface area contributed by atoms with Crippen LogP contribution in [0.5, 0.6) is 0 Å². The summed E-state index contributed by atoms with van der Waals surface area (Å²) in [6.45, 7) is 0. The van der Waals surface area contributed by atoms with Crippen LogP contribution in [0, 0.1) is 0 Å². The molecule has 0 aliphatic carbocycles. The van der Waals surface area contributed by atoms with Crippen LogP contribution in [-0.4, -0.2) is 22.4 Å². The highest BCUT2D eigenvalue weighted by atomic mass is 32.2. The third-order valence-corrected chi connectivity index (χ3v) is 6.04. The lowest BCUT2D eigenvalue weighted by molar-refractivity contribution is 0.102. The predicted molar refractivity (Wildman–Crippen MR) is 86.3 cm³/mol. The van der Waals surface area contributed by atoms with E-state index in [2.05, 4.69) is 22.4 Å². The van der Waals surface area contributed by atoms with Crippen molar-refractivity contribution in [3.8, 4) is 0 Å². The minimum absolute atomic E-state index is 0.172. The van der Waals surface area contributed by atoms with Gasteiger partial charge in [0.05, 0.1) is 4.58 Å². The average molecular weight is 302 g/mol. The Morgan fingerprint density at radius 3 is 2.75 bits per heavy atom. The maximum atomic E-state index is 12.1. The number of anilines is 1. The van der Waals surface area contributed by atoms with Crippen molar-refractivity contribution in [2.75, 3.05) is 16.8 Å². The number of nitrogens with zero attached hydrogens (tertiary/aromatic N) is 1. The molecule has 5 heteroatoms. The Hall–Kier alpha value is -1.46. The van der Waals surface area contributed by atoms with E-state index in [-0.39, 0.29) is 5.91 Å². The molecule has 2 heterocycles. The molecule has 0 saturated carbocycles. The zero-order valence-corrected chi connectivity index (χ0v) is 12.4. The van der Waals surface area contributed by atoms with Crippen molar-refractivity contribution < 1.29 is 4.79 Å². The van der Waals surface area contributed by atoms with Crippen LogP contribution in [0.4, 0.5) is 5.69 Å². The second-order valence-corrected chi connectivity index (χ2v) is 7.09. The molecule has 102 valence electrons. The molecule has 0 unspecified atom stereocenters.